The predicted octanol–water partition coefficient (Wildman–Crippen LogP) is 3.42. The van der Waals surface area contributed by atoms with Crippen LogP contribution < -0.4 is 0 Å². The van der Waals surface area contributed by atoms with Gasteiger partial charge in [0.15, 0.2) is 0 Å². The summed E-state index contributed by atoms with van der Waals surface area (Å²) in [5.74, 6) is 0.328. The van der Waals surface area contributed by atoms with E-state index in [-0.39, 0.29) is 5.82 Å². The molecule has 0 fully saturated rings. The maximum Gasteiger partial charge on any atom is 0.126 e. The average molecular weight is 191 g/mol. The Morgan fingerprint density at radius 2 is 2.07 bits per heavy atom. The van der Waals surface area contributed by atoms with E-state index < -0.39 is 0 Å². The number of hydrogen-bond donors (Lipinski definition) is 0. The Morgan fingerprint density at radius 1 is 1.36 bits per heavy atom. The van der Waals surface area contributed by atoms with Gasteiger partial charge < -0.3 is 0 Å². The van der Waals surface area contributed by atoms with Crippen molar-refractivity contribution >= 4 is 11.4 Å². The first-order chi connectivity index (χ1) is 6.59. The lowest BCUT2D eigenvalue weighted by molar-refractivity contribution is 0.617. The molecule has 0 aliphatic carbocycles. The summed E-state index contributed by atoms with van der Waals surface area (Å²) in [6, 6.07) is 3.27. The molecule has 0 saturated heterocycles. The number of fused-ring (bicyclic) bond motifs is 1. The summed E-state index contributed by atoms with van der Waals surface area (Å²) in [6.07, 6.45) is 0.816. The van der Waals surface area contributed by atoms with Crippen molar-refractivity contribution in [3.8, 4) is 0 Å². The van der Waals surface area contributed by atoms with Crippen LogP contribution in [-0.4, -0.2) is 5.71 Å². The van der Waals surface area contributed by atoms with Gasteiger partial charge in [-0.25, -0.2) is 4.39 Å². The van der Waals surface area contributed by atoms with Crippen LogP contribution in [0, 0.1) is 18.7 Å². The summed E-state index contributed by atoms with van der Waals surface area (Å²) in [5, 5.41) is 0. The van der Waals surface area contributed by atoms with Gasteiger partial charge in [-0.05, 0) is 36.1 Å². The Balaban J connectivity index is 2.45. The summed E-state index contributed by atoms with van der Waals surface area (Å²) >= 11 is 0. The van der Waals surface area contributed by atoms with E-state index in [1.807, 2.05) is 6.92 Å². The van der Waals surface area contributed by atoms with Crippen LogP contribution in [0.4, 0.5) is 10.1 Å². The second kappa shape index (κ2) is 3.19. The van der Waals surface area contributed by atoms with E-state index in [0.29, 0.717) is 5.92 Å². The van der Waals surface area contributed by atoms with Gasteiger partial charge in [0.2, 0.25) is 0 Å². The van der Waals surface area contributed by atoms with Crippen LogP contribution >= 0.6 is 0 Å². The van der Waals surface area contributed by atoms with Crippen molar-refractivity contribution in [2.24, 2.45) is 10.9 Å². The molecule has 2 rings (SSSR count). The fourth-order valence-corrected chi connectivity index (χ4v) is 1.75. The van der Waals surface area contributed by atoms with Crippen LogP contribution in [0.25, 0.3) is 0 Å². The van der Waals surface area contributed by atoms with Gasteiger partial charge in [-0.1, -0.05) is 13.8 Å². The summed E-state index contributed by atoms with van der Waals surface area (Å²) < 4.78 is 13.3. The first kappa shape index (κ1) is 9.38. The van der Waals surface area contributed by atoms with Crippen molar-refractivity contribution in [2.75, 3.05) is 0 Å². The third-order valence-electron chi connectivity index (χ3n) is 2.80. The molecule has 1 aliphatic heterocycles. The third-order valence-corrected chi connectivity index (χ3v) is 2.80. The molecule has 1 aromatic carbocycles. The summed E-state index contributed by atoms with van der Waals surface area (Å²) in [7, 11) is 0. The monoisotopic (exact) mass is 191 g/mol. The van der Waals surface area contributed by atoms with Crippen molar-refractivity contribution in [2.45, 2.75) is 27.2 Å². The fourth-order valence-electron chi connectivity index (χ4n) is 1.75. The van der Waals surface area contributed by atoms with Gasteiger partial charge in [-0.2, -0.15) is 0 Å². The summed E-state index contributed by atoms with van der Waals surface area (Å²) in [5.41, 5.74) is 3.93. The van der Waals surface area contributed by atoms with E-state index >= 15 is 0 Å². The minimum absolute atomic E-state index is 0.121. The molecule has 0 atom stereocenters. The number of nitrogens with zero attached hydrogens (tertiary/aromatic N) is 1. The maximum absolute atomic E-state index is 13.3. The van der Waals surface area contributed by atoms with Gasteiger partial charge in [0.25, 0.3) is 0 Å². The lowest BCUT2D eigenvalue weighted by atomic mass is 9.99. The lowest BCUT2D eigenvalue weighted by Gasteiger charge is -2.04. The predicted molar refractivity (Wildman–Crippen MR) is 56.8 cm³/mol. The number of aliphatic imine (C=N–C) groups is 1. The highest BCUT2D eigenvalue weighted by atomic mass is 19.1. The number of halogens is 1. The molecule has 0 saturated carbocycles. The van der Waals surface area contributed by atoms with E-state index in [9.17, 15) is 4.39 Å². The zero-order valence-electron chi connectivity index (χ0n) is 8.76. The molecule has 1 aliphatic rings. The van der Waals surface area contributed by atoms with Crippen LogP contribution in [0.3, 0.4) is 0 Å². The Morgan fingerprint density at radius 3 is 2.71 bits per heavy atom. The van der Waals surface area contributed by atoms with Gasteiger partial charge >= 0.3 is 0 Å². The van der Waals surface area contributed by atoms with Crippen molar-refractivity contribution in [1.82, 2.24) is 0 Å². The zero-order chi connectivity index (χ0) is 10.3. The quantitative estimate of drug-likeness (QED) is 0.645. The van der Waals surface area contributed by atoms with Crippen molar-refractivity contribution < 1.29 is 4.39 Å². The second-order valence-electron chi connectivity index (χ2n) is 4.10. The molecule has 14 heavy (non-hydrogen) atoms. The van der Waals surface area contributed by atoms with E-state index in [1.54, 1.807) is 6.07 Å². The Bertz CT molecular complexity index is 405. The molecule has 0 radical (unpaired) electrons. The van der Waals surface area contributed by atoms with Crippen molar-refractivity contribution in [3.05, 3.63) is 29.1 Å². The number of rotatable bonds is 1. The Kier molecular flexibility index (Phi) is 2.14. The number of hydrogen-bond acceptors (Lipinski definition) is 1. The van der Waals surface area contributed by atoms with Gasteiger partial charge in [-0.3, -0.25) is 4.99 Å². The van der Waals surface area contributed by atoms with Gasteiger partial charge in [0.05, 0.1) is 5.69 Å². The van der Waals surface area contributed by atoms with E-state index in [4.69, 9.17) is 0 Å². The highest BCUT2D eigenvalue weighted by Crippen LogP contribution is 2.32. The zero-order valence-corrected chi connectivity index (χ0v) is 8.76. The summed E-state index contributed by atoms with van der Waals surface area (Å²) in [6.45, 7) is 6.07. The Labute approximate surface area is 83.7 Å². The van der Waals surface area contributed by atoms with E-state index in [2.05, 4.69) is 18.8 Å². The van der Waals surface area contributed by atoms with Crippen molar-refractivity contribution in [1.29, 1.82) is 0 Å². The number of benzene rings is 1. The fraction of sp³-hybridized carbons (Fsp3) is 0.417. The average Bonchev–Trinajstić information content (AvgIpc) is 2.56. The van der Waals surface area contributed by atoms with Gasteiger partial charge in [-0.15, -0.1) is 0 Å². The molecular weight excluding hydrogens is 177 g/mol. The first-order valence-electron chi connectivity index (χ1n) is 4.95. The molecular formula is C12H14FN. The molecule has 1 heterocycles. The SMILES string of the molecule is Cc1c(F)ccc2c1CC(C(C)C)=N2. The highest BCUT2D eigenvalue weighted by Gasteiger charge is 2.19. The molecule has 2 heteroatoms. The van der Waals surface area contributed by atoms with Crippen LogP contribution in [-0.2, 0) is 6.42 Å². The molecule has 0 amide bonds. The van der Waals surface area contributed by atoms with Gasteiger partial charge in [0, 0.05) is 12.1 Å². The van der Waals surface area contributed by atoms with Crippen LogP contribution in [0.5, 0.6) is 0 Å². The normalized spacial score (nSPS) is 14.5. The van der Waals surface area contributed by atoms with Crippen LogP contribution in [0.2, 0.25) is 0 Å². The minimum Gasteiger partial charge on any atom is -0.257 e. The second-order valence-corrected chi connectivity index (χ2v) is 4.10. The summed E-state index contributed by atoms with van der Waals surface area (Å²) in [4.78, 5) is 4.50. The van der Waals surface area contributed by atoms with Crippen molar-refractivity contribution in [3.63, 3.8) is 0 Å². The molecule has 1 aromatic rings. The molecule has 0 N–H and O–H groups in total. The molecule has 0 spiro atoms. The topological polar surface area (TPSA) is 12.4 Å². The third kappa shape index (κ3) is 1.35. The molecule has 1 nitrogen and oxygen atoms in total. The van der Waals surface area contributed by atoms with Gasteiger partial charge in [0.1, 0.15) is 5.82 Å². The Hall–Kier alpha value is -1.18. The standard InChI is InChI=1S/C12H14FN/c1-7(2)12-6-9-8(3)10(13)4-5-11(9)14-12/h4-5,7H,6H2,1-3H3. The highest BCUT2D eigenvalue weighted by molar-refractivity contribution is 5.95. The molecule has 0 unspecified atom stereocenters. The maximum atomic E-state index is 13.3. The lowest BCUT2D eigenvalue weighted by Crippen LogP contribution is -2.07. The molecule has 0 bridgehead atoms. The largest absolute Gasteiger partial charge is 0.257 e. The molecule has 0 aromatic heterocycles. The molecule has 74 valence electrons. The van der Waals surface area contributed by atoms with Crippen LogP contribution in [0.15, 0.2) is 17.1 Å². The smallest absolute Gasteiger partial charge is 0.126 e. The first-order valence-corrected chi connectivity index (χ1v) is 4.95. The van der Waals surface area contributed by atoms with E-state index in [0.717, 1.165) is 28.9 Å². The minimum atomic E-state index is -0.121. The van der Waals surface area contributed by atoms with E-state index in [1.165, 1.54) is 6.07 Å². The van der Waals surface area contributed by atoms with Crippen LogP contribution in [0.1, 0.15) is 25.0 Å².